The van der Waals surface area contributed by atoms with Crippen molar-refractivity contribution in [3.8, 4) is 0 Å². The summed E-state index contributed by atoms with van der Waals surface area (Å²) in [6.45, 7) is 3.83. The molecule has 1 aromatic carbocycles. The molecule has 0 N–H and O–H groups in total. The standard InChI is InChI=1S/C15H13NO2/c1-8-9(2)16(3)13-12(8)14(17)10-6-4-5-7-11(10)15(13)18/h4-7H,1-3H3. The molecule has 1 aliphatic carbocycles. The number of fused-ring (bicyclic) bond motifs is 2. The Morgan fingerprint density at radius 1 is 0.944 bits per heavy atom. The van der Waals surface area contributed by atoms with Gasteiger partial charge in [0.2, 0.25) is 5.78 Å². The highest BCUT2D eigenvalue weighted by molar-refractivity contribution is 6.28. The van der Waals surface area contributed by atoms with Crippen molar-refractivity contribution in [3.05, 3.63) is 57.9 Å². The summed E-state index contributed by atoms with van der Waals surface area (Å²) in [5.41, 5.74) is 3.99. The predicted molar refractivity (Wildman–Crippen MR) is 68.2 cm³/mol. The molecule has 0 amide bonds. The molecule has 1 aromatic heterocycles. The molecule has 0 aliphatic heterocycles. The molecule has 90 valence electrons. The first-order valence-corrected chi connectivity index (χ1v) is 5.88. The summed E-state index contributed by atoms with van der Waals surface area (Å²) in [6.07, 6.45) is 0. The van der Waals surface area contributed by atoms with E-state index in [1.54, 1.807) is 24.3 Å². The SMILES string of the molecule is Cc1c2c(n(C)c1C)C(=O)c1ccccc1C2=O. The molecule has 0 saturated carbocycles. The molecule has 0 saturated heterocycles. The third kappa shape index (κ3) is 1.13. The van der Waals surface area contributed by atoms with Crippen LogP contribution in [-0.2, 0) is 7.05 Å². The molecule has 0 atom stereocenters. The topological polar surface area (TPSA) is 39.1 Å². The van der Waals surface area contributed by atoms with E-state index in [4.69, 9.17) is 0 Å². The lowest BCUT2D eigenvalue weighted by molar-refractivity contribution is 0.0974. The van der Waals surface area contributed by atoms with Gasteiger partial charge in [-0.3, -0.25) is 9.59 Å². The zero-order valence-electron chi connectivity index (χ0n) is 10.6. The molecule has 1 aliphatic rings. The largest absolute Gasteiger partial charge is 0.344 e. The van der Waals surface area contributed by atoms with Crippen LogP contribution in [0.5, 0.6) is 0 Å². The average Bonchev–Trinajstić information content (AvgIpc) is 2.61. The number of rotatable bonds is 0. The molecular formula is C15H13NO2. The fourth-order valence-corrected chi connectivity index (χ4v) is 2.63. The van der Waals surface area contributed by atoms with Crippen LogP contribution < -0.4 is 0 Å². The van der Waals surface area contributed by atoms with Gasteiger partial charge in [-0.1, -0.05) is 24.3 Å². The zero-order valence-corrected chi connectivity index (χ0v) is 10.6. The highest BCUT2D eigenvalue weighted by Gasteiger charge is 2.34. The lowest BCUT2D eigenvalue weighted by Gasteiger charge is -2.15. The number of nitrogens with zero attached hydrogens (tertiary/aromatic N) is 1. The van der Waals surface area contributed by atoms with E-state index in [-0.39, 0.29) is 11.6 Å². The Bertz CT molecular complexity index is 649. The predicted octanol–water partition coefficient (Wildman–Crippen LogP) is 2.42. The van der Waals surface area contributed by atoms with E-state index >= 15 is 0 Å². The van der Waals surface area contributed by atoms with Gasteiger partial charge in [0, 0.05) is 23.9 Å². The van der Waals surface area contributed by atoms with E-state index in [0.29, 0.717) is 22.4 Å². The van der Waals surface area contributed by atoms with Gasteiger partial charge in [0.25, 0.3) is 0 Å². The second kappa shape index (κ2) is 3.42. The molecule has 1 heterocycles. The van der Waals surface area contributed by atoms with Gasteiger partial charge in [0.1, 0.15) is 5.69 Å². The van der Waals surface area contributed by atoms with Crippen LogP contribution in [0.2, 0.25) is 0 Å². The average molecular weight is 239 g/mol. The monoisotopic (exact) mass is 239 g/mol. The number of ketones is 2. The Morgan fingerprint density at radius 3 is 2.11 bits per heavy atom. The molecular weight excluding hydrogens is 226 g/mol. The van der Waals surface area contributed by atoms with Crippen molar-refractivity contribution in [2.45, 2.75) is 13.8 Å². The maximum Gasteiger partial charge on any atom is 0.210 e. The Kier molecular flexibility index (Phi) is 2.08. The summed E-state index contributed by atoms with van der Waals surface area (Å²) in [6, 6.07) is 7.02. The van der Waals surface area contributed by atoms with Crippen molar-refractivity contribution in [2.24, 2.45) is 7.05 Å². The van der Waals surface area contributed by atoms with Crippen molar-refractivity contribution < 1.29 is 9.59 Å². The van der Waals surface area contributed by atoms with E-state index in [2.05, 4.69) is 0 Å². The number of hydrogen-bond donors (Lipinski definition) is 0. The molecule has 0 bridgehead atoms. The van der Waals surface area contributed by atoms with Crippen LogP contribution >= 0.6 is 0 Å². The van der Waals surface area contributed by atoms with Gasteiger partial charge in [0.05, 0.1) is 5.56 Å². The number of aromatic nitrogens is 1. The molecule has 3 rings (SSSR count). The van der Waals surface area contributed by atoms with E-state index in [1.165, 1.54) is 0 Å². The van der Waals surface area contributed by atoms with Crippen LogP contribution in [0.25, 0.3) is 0 Å². The van der Waals surface area contributed by atoms with Crippen LogP contribution in [-0.4, -0.2) is 16.1 Å². The van der Waals surface area contributed by atoms with Crippen LogP contribution in [0, 0.1) is 13.8 Å². The first-order valence-electron chi connectivity index (χ1n) is 5.88. The van der Waals surface area contributed by atoms with Gasteiger partial charge in [-0.05, 0) is 19.4 Å². The maximum atomic E-state index is 12.5. The van der Waals surface area contributed by atoms with E-state index in [1.807, 2.05) is 25.5 Å². The lowest BCUT2D eigenvalue weighted by Crippen LogP contribution is -2.22. The Labute approximate surface area is 105 Å². The third-order valence-corrected chi connectivity index (χ3v) is 3.85. The Hall–Kier alpha value is -2.16. The van der Waals surface area contributed by atoms with Crippen molar-refractivity contribution in [3.63, 3.8) is 0 Å². The van der Waals surface area contributed by atoms with Crippen molar-refractivity contribution >= 4 is 11.6 Å². The first-order chi connectivity index (χ1) is 8.54. The van der Waals surface area contributed by atoms with Crippen LogP contribution in [0.4, 0.5) is 0 Å². The number of carbonyl (C=O) groups is 2. The van der Waals surface area contributed by atoms with Gasteiger partial charge in [-0.15, -0.1) is 0 Å². The molecule has 3 heteroatoms. The normalized spacial score (nSPS) is 13.5. The molecule has 0 radical (unpaired) electrons. The minimum atomic E-state index is -0.0566. The summed E-state index contributed by atoms with van der Waals surface area (Å²) in [5, 5.41) is 0. The van der Waals surface area contributed by atoms with Gasteiger partial charge in [-0.25, -0.2) is 0 Å². The second-order valence-corrected chi connectivity index (χ2v) is 4.70. The van der Waals surface area contributed by atoms with Crippen LogP contribution in [0.3, 0.4) is 0 Å². The van der Waals surface area contributed by atoms with Crippen molar-refractivity contribution in [1.82, 2.24) is 4.57 Å². The molecule has 3 nitrogen and oxygen atoms in total. The highest BCUT2D eigenvalue weighted by Crippen LogP contribution is 2.31. The summed E-state index contributed by atoms with van der Waals surface area (Å²) >= 11 is 0. The number of hydrogen-bond acceptors (Lipinski definition) is 2. The molecule has 0 unspecified atom stereocenters. The summed E-state index contributed by atoms with van der Waals surface area (Å²) in [7, 11) is 1.83. The molecule has 0 spiro atoms. The quantitative estimate of drug-likeness (QED) is 0.604. The van der Waals surface area contributed by atoms with Crippen molar-refractivity contribution in [1.29, 1.82) is 0 Å². The minimum absolute atomic E-state index is 0.0404. The van der Waals surface area contributed by atoms with Crippen molar-refractivity contribution in [2.75, 3.05) is 0 Å². The lowest BCUT2D eigenvalue weighted by atomic mass is 9.86. The zero-order chi connectivity index (χ0) is 13.0. The highest BCUT2D eigenvalue weighted by atomic mass is 16.1. The first kappa shape index (κ1) is 11.0. The van der Waals surface area contributed by atoms with Gasteiger partial charge < -0.3 is 4.57 Å². The fraction of sp³-hybridized carbons (Fsp3) is 0.200. The Balaban J connectivity index is 2.41. The maximum absolute atomic E-state index is 12.5. The molecule has 2 aromatic rings. The summed E-state index contributed by atoms with van der Waals surface area (Å²) in [4.78, 5) is 24.9. The van der Waals surface area contributed by atoms with E-state index in [0.717, 1.165) is 11.3 Å². The van der Waals surface area contributed by atoms with Crippen LogP contribution in [0.15, 0.2) is 24.3 Å². The van der Waals surface area contributed by atoms with E-state index < -0.39 is 0 Å². The number of carbonyl (C=O) groups excluding carboxylic acids is 2. The number of benzene rings is 1. The molecule has 18 heavy (non-hydrogen) atoms. The smallest absolute Gasteiger partial charge is 0.210 e. The Morgan fingerprint density at radius 2 is 1.50 bits per heavy atom. The van der Waals surface area contributed by atoms with Gasteiger partial charge in [-0.2, -0.15) is 0 Å². The fourth-order valence-electron chi connectivity index (χ4n) is 2.63. The van der Waals surface area contributed by atoms with Gasteiger partial charge >= 0.3 is 0 Å². The second-order valence-electron chi connectivity index (χ2n) is 4.70. The third-order valence-electron chi connectivity index (χ3n) is 3.85. The molecule has 0 fully saturated rings. The summed E-state index contributed by atoms with van der Waals surface area (Å²) < 4.78 is 1.82. The van der Waals surface area contributed by atoms with E-state index in [9.17, 15) is 9.59 Å². The minimum Gasteiger partial charge on any atom is -0.344 e. The summed E-state index contributed by atoms with van der Waals surface area (Å²) in [5.74, 6) is -0.0969. The van der Waals surface area contributed by atoms with Gasteiger partial charge in [0.15, 0.2) is 5.78 Å². The van der Waals surface area contributed by atoms with Crippen LogP contribution in [0.1, 0.15) is 43.2 Å².